The molecule has 1 heterocycles. The van der Waals surface area contributed by atoms with Gasteiger partial charge in [-0.3, -0.25) is 0 Å². The molecule has 0 aliphatic carbocycles. The van der Waals surface area contributed by atoms with E-state index in [1.165, 1.54) is 0 Å². The average Bonchev–Trinajstić information content (AvgIpc) is 2.37. The predicted molar refractivity (Wildman–Crippen MR) is 39.5 cm³/mol. The van der Waals surface area contributed by atoms with Gasteiger partial charge in [-0.05, 0) is 5.43 Å². The first-order valence-electron chi connectivity index (χ1n) is 3.57. The van der Waals surface area contributed by atoms with E-state index in [9.17, 15) is 4.91 Å². The minimum absolute atomic E-state index is 0.00894. The molecule has 7 heteroatoms. The quantitative estimate of drug-likeness (QED) is 0.446. The van der Waals surface area contributed by atoms with Gasteiger partial charge in [-0.1, -0.05) is 0 Å². The lowest BCUT2D eigenvalue weighted by molar-refractivity contribution is -0.822. The van der Waals surface area contributed by atoms with Gasteiger partial charge in [0.05, 0.1) is 13.2 Å². The van der Waals surface area contributed by atoms with Gasteiger partial charge in [0.15, 0.2) is 0 Å². The second-order valence-electron chi connectivity index (χ2n) is 2.30. The lowest BCUT2D eigenvalue weighted by Crippen LogP contribution is -2.43. The molecule has 1 rings (SSSR count). The zero-order chi connectivity index (χ0) is 8.97. The molecule has 0 bridgehead atoms. The van der Waals surface area contributed by atoms with Crippen LogP contribution in [0.15, 0.2) is 4.99 Å². The van der Waals surface area contributed by atoms with Crippen molar-refractivity contribution in [2.75, 3.05) is 26.2 Å². The fourth-order valence-electron chi connectivity index (χ4n) is 1.01. The first kappa shape index (κ1) is 8.72. The highest BCUT2D eigenvalue weighted by Crippen LogP contribution is 1.97. The summed E-state index contributed by atoms with van der Waals surface area (Å²) in [5.41, 5.74) is 2.07. The van der Waals surface area contributed by atoms with E-state index in [1.807, 2.05) is 0 Å². The van der Waals surface area contributed by atoms with Crippen LogP contribution in [0.3, 0.4) is 0 Å². The fourth-order valence-corrected chi connectivity index (χ4v) is 1.01. The minimum atomic E-state index is -0.408. The van der Waals surface area contributed by atoms with Gasteiger partial charge in [0, 0.05) is 13.1 Å². The van der Waals surface area contributed by atoms with Gasteiger partial charge in [0.25, 0.3) is 5.96 Å². The van der Waals surface area contributed by atoms with Crippen LogP contribution in [0.5, 0.6) is 0 Å². The van der Waals surface area contributed by atoms with Gasteiger partial charge < -0.3 is 10.0 Å². The molecular formula is C5H11N4O3+. The van der Waals surface area contributed by atoms with Crippen molar-refractivity contribution in [3.8, 4) is 0 Å². The van der Waals surface area contributed by atoms with Crippen LogP contribution < -0.4 is 5.43 Å². The summed E-state index contributed by atoms with van der Waals surface area (Å²) in [6.07, 6.45) is 0. The van der Waals surface area contributed by atoms with Crippen LogP contribution in [0.2, 0.25) is 0 Å². The Hall–Kier alpha value is -1.37. The number of nitrogens with zero attached hydrogens (tertiary/aromatic N) is 3. The van der Waals surface area contributed by atoms with Crippen molar-refractivity contribution in [1.29, 1.82) is 0 Å². The lowest BCUT2D eigenvalue weighted by atomic mass is 10.5. The number of rotatable bonds is 3. The average molecular weight is 175 g/mol. The van der Waals surface area contributed by atoms with E-state index in [-0.39, 0.29) is 6.61 Å². The van der Waals surface area contributed by atoms with Gasteiger partial charge >= 0.3 is 5.03 Å². The minimum Gasteiger partial charge on any atom is -0.395 e. The van der Waals surface area contributed by atoms with Gasteiger partial charge in [-0.2, -0.15) is 0 Å². The summed E-state index contributed by atoms with van der Waals surface area (Å²) in [4.78, 5) is 15.7. The molecule has 0 atom stereocenters. The molecule has 0 spiro atoms. The van der Waals surface area contributed by atoms with Crippen LogP contribution in [0.25, 0.3) is 0 Å². The van der Waals surface area contributed by atoms with Gasteiger partial charge in [0.1, 0.15) is 4.91 Å². The Kier molecular flexibility index (Phi) is 2.81. The Balaban J connectivity index is 2.45. The molecule has 7 nitrogen and oxygen atoms in total. The van der Waals surface area contributed by atoms with Gasteiger partial charge in [0.2, 0.25) is 0 Å². The second kappa shape index (κ2) is 3.86. The summed E-state index contributed by atoms with van der Waals surface area (Å²) in [6.45, 7) is 1.61. The molecule has 12 heavy (non-hydrogen) atoms. The number of aliphatic hydroxyl groups is 1. The summed E-state index contributed by atoms with van der Waals surface area (Å²) in [5, 5.41) is 16.5. The maximum absolute atomic E-state index is 10.1. The van der Waals surface area contributed by atoms with Crippen molar-refractivity contribution < 1.29 is 15.3 Å². The molecule has 3 N–H and O–H groups in total. The summed E-state index contributed by atoms with van der Waals surface area (Å²) >= 11 is 0. The standard InChI is InChI=1S/C5H11N4O3/c10-4-3-8-2-1-6-5(8)7-9(11)12/h10H,1-4H2,(H,6,7)(H,11,12)/q+1. The number of hydrazine groups is 1. The van der Waals surface area contributed by atoms with Crippen LogP contribution >= 0.6 is 0 Å². The topological polar surface area (TPSA) is 88.2 Å². The maximum Gasteiger partial charge on any atom is 0.362 e. The highest BCUT2D eigenvalue weighted by Gasteiger charge is 2.21. The molecule has 0 amide bonds. The summed E-state index contributed by atoms with van der Waals surface area (Å²) in [5.74, 6) is 0.293. The summed E-state index contributed by atoms with van der Waals surface area (Å²) in [7, 11) is 0. The molecule has 0 fully saturated rings. The third-order valence-electron chi connectivity index (χ3n) is 1.50. The molecule has 0 aromatic carbocycles. The van der Waals surface area contributed by atoms with E-state index < -0.39 is 5.03 Å². The molecule has 1 aliphatic heterocycles. The van der Waals surface area contributed by atoms with Crippen LogP contribution in [-0.2, 0) is 0 Å². The molecule has 0 unspecified atom stereocenters. The Labute approximate surface area is 68.8 Å². The van der Waals surface area contributed by atoms with Gasteiger partial charge in [-0.15, -0.1) is 0 Å². The van der Waals surface area contributed by atoms with E-state index in [4.69, 9.17) is 10.3 Å². The molecule has 0 radical (unpaired) electrons. The summed E-state index contributed by atoms with van der Waals surface area (Å²) < 4.78 is 0. The number of guanidine groups is 1. The van der Waals surface area contributed by atoms with E-state index in [1.54, 1.807) is 4.90 Å². The van der Waals surface area contributed by atoms with E-state index in [0.29, 0.717) is 25.6 Å². The smallest absolute Gasteiger partial charge is 0.362 e. The zero-order valence-electron chi connectivity index (χ0n) is 6.47. The lowest BCUT2D eigenvalue weighted by Gasteiger charge is -2.14. The highest BCUT2D eigenvalue weighted by atomic mass is 16.7. The van der Waals surface area contributed by atoms with Crippen LogP contribution in [-0.4, -0.2) is 52.4 Å². The largest absolute Gasteiger partial charge is 0.395 e. The van der Waals surface area contributed by atoms with Crippen LogP contribution in [0.4, 0.5) is 0 Å². The first-order valence-corrected chi connectivity index (χ1v) is 3.57. The molecule has 0 aromatic rings. The Morgan fingerprint density at radius 3 is 3.08 bits per heavy atom. The molecule has 0 saturated carbocycles. The molecule has 1 aliphatic rings. The normalized spacial score (nSPS) is 16.1. The van der Waals surface area contributed by atoms with Crippen molar-refractivity contribution in [1.82, 2.24) is 10.3 Å². The summed E-state index contributed by atoms with van der Waals surface area (Å²) in [6, 6.07) is 0. The number of β-amino-alcohol motifs (C(OH)–C–C–N with tert-alkyl or cyclic N) is 1. The molecule has 0 aromatic heterocycles. The van der Waals surface area contributed by atoms with Crippen LogP contribution in [0.1, 0.15) is 0 Å². The Bertz CT molecular complexity index is 205. The third-order valence-corrected chi connectivity index (χ3v) is 1.50. The predicted octanol–water partition coefficient (Wildman–Crippen LogP) is -1.68. The van der Waals surface area contributed by atoms with Crippen molar-refractivity contribution in [2.24, 2.45) is 4.99 Å². The zero-order valence-corrected chi connectivity index (χ0v) is 6.47. The monoisotopic (exact) mass is 175 g/mol. The van der Waals surface area contributed by atoms with Crippen LogP contribution in [0, 0.1) is 4.91 Å². The van der Waals surface area contributed by atoms with E-state index in [0.717, 1.165) is 0 Å². The molecular weight excluding hydrogens is 164 g/mol. The van der Waals surface area contributed by atoms with Crippen molar-refractivity contribution in [2.45, 2.75) is 0 Å². The Morgan fingerprint density at radius 1 is 1.75 bits per heavy atom. The molecule has 68 valence electrons. The second-order valence-corrected chi connectivity index (χ2v) is 2.30. The SMILES string of the molecule is O=[N+](O)NC1=NCCN1CCO. The number of aliphatic hydroxyl groups excluding tert-OH is 1. The maximum atomic E-state index is 10.1. The number of hydrogen-bond acceptors (Lipinski definition) is 4. The number of hydrogen-bond donors (Lipinski definition) is 3. The first-order chi connectivity index (χ1) is 5.74. The number of nitrogens with one attached hydrogen (secondary N) is 1. The highest BCUT2D eigenvalue weighted by molar-refractivity contribution is 5.80. The van der Waals surface area contributed by atoms with E-state index >= 15 is 0 Å². The fraction of sp³-hybridized carbons (Fsp3) is 0.800. The van der Waals surface area contributed by atoms with E-state index in [2.05, 4.69) is 10.4 Å². The molecule has 0 saturated heterocycles. The Morgan fingerprint density at radius 2 is 2.50 bits per heavy atom. The van der Waals surface area contributed by atoms with Crippen molar-refractivity contribution in [3.63, 3.8) is 0 Å². The van der Waals surface area contributed by atoms with Crippen molar-refractivity contribution >= 4 is 5.96 Å². The number of aliphatic imine (C=N–C) groups is 1. The third kappa shape index (κ3) is 2.06. The van der Waals surface area contributed by atoms with Crippen molar-refractivity contribution in [3.05, 3.63) is 4.91 Å². The van der Waals surface area contributed by atoms with Gasteiger partial charge in [-0.25, -0.2) is 10.2 Å².